The van der Waals surface area contributed by atoms with Gasteiger partial charge in [0.2, 0.25) is 0 Å². The fraction of sp³-hybridized carbons (Fsp3) is 0.586. The average Bonchev–Trinajstić information content (AvgIpc) is 3.19. The van der Waals surface area contributed by atoms with Crippen LogP contribution in [0.5, 0.6) is 23.0 Å². The van der Waals surface area contributed by atoms with Crippen molar-refractivity contribution in [3.05, 3.63) is 115 Å². The highest BCUT2D eigenvalue weighted by Crippen LogP contribution is 2.44. The fourth-order valence-corrected chi connectivity index (χ4v) is 8.98. The molecule has 0 aliphatic heterocycles. The molecule has 0 spiro atoms. The molecule has 4 aromatic carbocycles. The molecule has 6 nitrogen and oxygen atoms in total. The van der Waals surface area contributed by atoms with Gasteiger partial charge in [0.25, 0.3) is 0 Å². The first-order chi connectivity index (χ1) is 30.8. The lowest BCUT2D eigenvalue weighted by Crippen LogP contribution is -2.21. The summed E-state index contributed by atoms with van der Waals surface area (Å²) < 4.78 is 28.4. The largest absolute Gasteiger partial charge is 0.492 e. The zero-order valence-corrected chi connectivity index (χ0v) is 46.1. The Kier molecular flexibility index (Phi) is 18.2. The van der Waals surface area contributed by atoms with Crippen LogP contribution < -0.4 is 18.9 Å². The molecule has 0 saturated carbocycles. The summed E-state index contributed by atoms with van der Waals surface area (Å²) in [4.78, 5) is 4.40. The molecule has 8 bridgehead atoms. The zero-order valence-electron chi connectivity index (χ0n) is 44.4. The number of ether oxygens (including phenoxy) is 4. The van der Waals surface area contributed by atoms with Gasteiger partial charge in [0.05, 0.1) is 13.2 Å². The smallest absolute Gasteiger partial charge is 0.126 e. The third kappa shape index (κ3) is 14.4. The van der Waals surface area contributed by atoms with E-state index in [4.69, 9.17) is 18.9 Å². The van der Waals surface area contributed by atoms with Crippen molar-refractivity contribution in [2.24, 2.45) is 0 Å². The van der Waals surface area contributed by atoms with Crippen LogP contribution in [0, 0.1) is 0 Å². The van der Waals surface area contributed by atoms with E-state index in [0.717, 1.165) is 47.6 Å². The Balaban J connectivity index is 2.01. The van der Waals surface area contributed by atoms with Gasteiger partial charge in [0.15, 0.2) is 0 Å². The highest BCUT2D eigenvalue weighted by molar-refractivity contribution is 7.98. The minimum absolute atomic E-state index is 0.102. The SMILES string of the molecule is CSCCOc1c2cc(C(C)(C)C)cc1Cc1cc(C(C)(C)C)cc(c1OCCN(C)C)Cc1cc(C(C)(C)C)cc(c1OCCSC)Cc1cc(C(C)(C)C)cc(c1OCCN(C)C)C2. The summed E-state index contributed by atoms with van der Waals surface area (Å²) in [5, 5.41) is 0. The fourth-order valence-electron chi connectivity index (χ4n) is 8.48. The number of hydrogen-bond donors (Lipinski definition) is 0. The number of hydrogen-bond acceptors (Lipinski definition) is 8. The Labute approximate surface area is 410 Å². The second kappa shape index (κ2) is 22.4. The van der Waals surface area contributed by atoms with E-state index in [9.17, 15) is 0 Å². The normalized spacial score (nSPS) is 13.6. The molecule has 66 heavy (non-hydrogen) atoms. The van der Waals surface area contributed by atoms with Crippen molar-refractivity contribution in [1.82, 2.24) is 9.80 Å². The lowest BCUT2D eigenvalue weighted by atomic mass is 9.79. The Bertz CT molecular complexity index is 2000. The van der Waals surface area contributed by atoms with Crippen molar-refractivity contribution in [2.45, 2.75) is 130 Å². The number of likely N-dealkylation sites (N-methyl/N-ethyl adjacent to an activating group) is 2. The van der Waals surface area contributed by atoms with Gasteiger partial charge in [-0.1, -0.05) is 132 Å². The lowest BCUT2D eigenvalue weighted by Gasteiger charge is -2.29. The molecule has 1 aliphatic carbocycles. The van der Waals surface area contributed by atoms with Gasteiger partial charge < -0.3 is 28.7 Å². The molecule has 364 valence electrons. The van der Waals surface area contributed by atoms with Crippen LogP contribution in [0.25, 0.3) is 0 Å². The summed E-state index contributed by atoms with van der Waals surface area (Å²) in [5.41, 5.74) is 14.3. The summed E-state index contributed by atoms with van der Waals surface area (Å²) >= 11 is 3.64. The van der Waals surface area contributed by atoms with E-state index in [-0.39, 0.29) is 21.7 Å². The summed E-state index contributed by atoms with van der Waals surface area (Å²) in [6.07, 6.45) is 7.00. The molecular formula is C58H86N2O4S2. The molecule has 0 N–H and O–H groups in total. The Hall–Kier alpha value is -3.30. The van der Waals surface area contributed by atoms with Crippen LogP contribution in [0.2, 0.25) is 0 Å². The molecule has 0 saturated heterocycles. The highest BCUT2D eigenvalue weighted by atomic mass is 32.2. The Morgan fingerprint density at radius 2 is 0.561 bits per heavy atom. The van der Waals surface area contributed by atoms with Gasteiger partial charge in [-0.15, -0.1) is 0 Å². The number of fused-ring (bicyclic) bond motifs is 8. The minimum atomic E-state index is -0.102. The molecule has 0 heterocycles. The zero-order chi connectivity index (χ0) is 48.8. The van der Waals surface area contributed by atoms with Crippen molar-refractivity contribution in [2.75, 3.05) is 91.7 Å². The van der Waals surface area contributed by atoms with Crippen molar-refractivity contribution >= 4 is 23.5 Å². The molecule has 1 aliphatic rings. The molecule has 0 fully saturated rings. The van der Waals surface area contributed by atoms with Gasteiger partial charge in [-0.2, -0.15) is 23.5 Å². The van der Waals surface area contributed by atoms with Gasteiger partial charge in [0, 0.05) is 50.3 Å². The van der Waals surface area contributed by atoms with Gasteiger partial charge in [0.1, 0.15) is 36.2 Å². The maximum Gasteiger partial charge on any atom is 0.126 e. The van der Waals surface area contributed by atoms with Crippen molar-refractivity contribution in [1.29, 1.82) is 0 Å². The molecule has 0 aromatic heterocycles. The van der Waals surface area contributed by atoms with E-state index in [1.54, 1.807) is 0 Å². The maximum atomic E-state index is 7.11. The molecule has 0 amide bonds. The number of thioether (sulfide) groups is 2. The summed E-state index contributed by atoms with van der Waals surface area (Å²) in [7, 11) is 8.47. The highest BCUT2D eigenvalue weighted by Gasteiger charge is 2.29. The summed E-state index contributed by atoms with van der Waals surface area (Å²) in [5.74, 6) is 5.73. The minimum Gasteiger partial charge on any atom is -0.492 e. The van der Waals surface area contributed by atoms with Crippen LogP contribution in [-0.2, 0) is 47.3 Å². The van der Waals surface area contributed by atoms with Crippen LogP contribution in [0.15, 0.2) is 48.5 Å². The topological polar surface area (TPSA) is 43.4 Å². The van der Waals surface area contributed by atoms with E-state index >= 15 is 0 Å². The quantitative estimate of drug-likeness (QED) is 0.0907. The third-order valence-corrected chi connectivity index (χ3v) is 13.7. The third-order valence-electron chi connectivity index (χ3n) is 12.6. The van der Waals surface area contributed by atoms with E-state index < -0.39 is 0 Å². The number of rotatable bonds is 16. The maximum absolute atomic E-state index is 7.11. The van der Waals surface area contributed by atoms with Gasteiger partial charge in [-0.05, 0) is 129 Å². The first-order valence-electron chi connectivity index (χ1n) is 24.2. The van der Waals surface area contributed by atoms with Crippen molar-refractivity contribution < 1.29 is 18.9 Å². The van der Waals surface area contributed by atoms with Gasteiger partial charge in [-0.3, -0.25) is 0 Å². The average molecular weight is 939 g/mol. The van der Waals surface area contributed by atoms with Gasteiger partial charge >= 0.3 is 0 Å². The predicted octanol–water partition coefficient (Wildman–Crippen LogP) is 12.9. The molecule has 0 atom stereocenters. The monoisotopic (exact) mass is 939 g/mol. The van der Waals surface area contributed by atoms with Crippen LogP contribution in [0.4, 0.5) is 0 Å². The number of benzene rings is 4. The van der Waals surface area contributed by atoms with Crippen LogP contribution in [0.3, 0.4) is 0 Å². The Morgan fingerprint density at radius 1 is 0.364 bits per heavy atom. The Morgan fingerprint density at radius 3 is 0.727 bits per heavy atom. The van der Waals surface area contributed by atoms with Crippen LogP contribution in [-0.4, -0.2) is 102 Å². The first-order valence-corrected chi connectivity index (χ1v) is 27.0. The van der Waals surface area contributed by atoms with E-state index in [1.807, 2.05) is 23.5 Å². The van der Waals surface area contributed by atoms with Gasteiger partial charge in [-0.25, -0.2) is 0 Å². The molecule has 4 aromatic rings. The predicted molar refractivity (Wildman–Crippen MR) is 288 cm³/mol. The number of nitrogens with zero attached hydrogens (tertiary/aromatic N) is 2. The second-order valence-corrected chi connectivity index (χ2v) is 25.2. The second-order valence-electron chi connectivity index (χ2n) is 23.2. The molecule has 0 unspecified atom stereocenters. The first kappa shape index (κ1) is 53.7. The molecular weight excluding hydrogens is 853 g/mol. The molecule has 5 rings (SSSR count). The van der Waals surface area contributed by atoms with Crippen molar-refractivity contribution in [3.8, 4) is 23.0 Å². The standard InChI is InChI=1S/C58H86N2O4S2/c1-55(2,3)47-31-39-27-43-35-49(57(7,8)9)37-45(53(43)63-23-25-65-17)29-41-33-48(56(4,5)6)34-42(52(41)62-22-20-60(15)16)30-46-38-50(58(10,11)12)36-44(54(46)64-24-26-66-18)28-40(32-47)51(39)61-21-19-59(13)14/h31-38H,19-30H2,1-18H3. The van der Waals surface area contributed by atoms with Crippen molar-refractivity contribution in [3.63, 3.8) is 0 Å². The molecule has 8 heteroatoms. The summed E-state index contributed by atoms with van der Waals surface area (Å²) in [6, 6.07) is 19.4. The van der Waals surface area contributed by atoms with E-state index in [1.165, 1.54) is 66.8 Å². The van der Waals surface area contributed by atoms with E-state index in [0.29, 0.717) is 52.1 Å². The van der Waals surface area contributed by atoms with Crippen LogP contribution >= 0.6 is 23.5 Å². The van der Waals surface area contributed by atoms with Crippen LogP contribution in [0.1, 0.15) is 150 Å². The van der Waals surface area contributed by atoms with E-state index in [2.05, 4.69) is 182 Å². The molecule has 0 radical (unpaired) electrons. The summed E-state index contributed by atoms with van der Waals surface area (Å²) in [6.45, 7) is 32.0. The lowest BCUT2D eigenvalue weighted by molar-refractivity contribution is 0.257.